The van der Waals surface area contributed by atoms with Crippen LogP contribution in [0.25, 0.3) is 0 Å². The highest BCUT2D eigenvalue weighted by Gasteiger charge is 2.19. The fraction of sp³-hybridized carbons (Fsp3) is 0.667. The van der Waals surface area contributed by atoms with Gasteiger partial charge in [0.1, 0.15) is 0 Å². The number of hydrogen-bond donors (Lipinski definition) is 1. The van der Waals surface area contributed by atoms with Gasteiger partial charge in [0.2, 0.25) is 0 Å². The minimum atomic E-state index is -0.132. The maximum Gasteiger partial charge on any atom is 0.179 e. The van der Waals surface area contributed by atoms with E-state index in [4.69, 9.17) is 16.7 Å². The van der Waals surface area contributed by atoms with E-state index in [9.17, 15) is 0 Å². The summed E-state index contributed by atoms with van der Waals surface area (Å²) in [5, 5.41) is 8.58. The first-order chi connectivity index (χ1) is 4.75. The zero-order valence-electron chi connectivity index (χ0n) is 5.87. The summed E-state index contributed by atoms with van der Waals surface area (Å²) in [5.74, 6) is 0. The van der Waals surface area contributed by atoms with Gasteiger partial charge in [-0.05, 0) is 0 Å². The van der Waals surface area contributed by atoms with E-state index in [0.29, 0.717) is 6.54 Å². The van der Waals surface area contributed by atoms with Crippen molar-refractivity contribution in [2.75, 3.05) is 20.2 Å². The van der Waals surface area contributed by atoms with Crippen molar-refractivity contribution in [3.05, 3.63) is 12.4 Å². The molecule has 1 aliphatic rings. The van der Waals surface area contributed by atoms with Crippen LogP contribution in [0.1, 0.15) is 0 Å². The number of alkyl halides is 1. The molecular formula is C6H11ClN2O. The average Bonchev–Trinajstić information content (AvgIpc) is 2.20. The molecule has 1 unspecified atom stereocenters. The highest BCUT2D eigenvalue weighted by atomic mass is 35.5. The van der Waals surface area contributed by atoms with Crippen LogP contribution in [0.15, 0.2) is 12.4 Å². The number of aliphatic hydroxyl groups is 1. The largest absolute Gasteiger partial charge is 0.395 e. The monoisotopic (exact) mass is 162 g/mol. The van der Waals surface area contributed by atoms with Gasteiger partial charge in [-0.2, -0.15) is 0 Å². The van der Waals surface area contributed by atoms with Crippen molar-refractivity contribution < 1.29 is 5.11 Å². The van der Waals surface area contributed by atoms with Gasteiger partial charge in [0.15, 0.2) is 5.62 Å². The maximum absolute atomic E-state index is 8.58. The fourth-order valence-corrected chi connectivity index (χ4v) is 1.09. The molecule has 58 valence electrons. The van der Waals surface area contributed by atoms with E-state index in [1.54, 1.807) is 0 Å². The van der Waals surface area contributed by atoms with Crippen LogP contribution >= 0.6 is 11.6 Å². The summed E-state index contributed by atoms with van der Waals surface area (Å²) in [6.07, 6.45) is 3.75. The van der Waals surface area contributed by atoms with Gasteiger partial charge in [0.25, 0.3) is 0 Å². The molecule has 0 aromatic heterocycles. The van der Waals surface area contributed by atoms with Crippen LogP contribution in [0.2, 0.25) is 0 Å². The number of aliphatic hydroxyl groups excluding tert-OH is 1. The summed E-state index contributed by atoms with van der Waals surface area (Å²) < 4.78 is 0. The van der Waals surface area contributed by atoms with E-state index < -0.39 is 0 Å². The Bertz CT molecular complexity index is 140. The van der Waals surface area contributed by atoms with Crippen molar-refractivity contribution in [3.8, 4) is 0 Å². The number of hydrogen-bond acceptors (Lipinski definition) is 3. The van der Waals surface area contributed by atoms with Crippen LogP contribution in [0.5, 0.6) is 0 Å². The van der Waals surface area contributed by atoms with Crippen molar-refractivity contribution in [2.45, 2.75) is 5.62 Å². The standard InChI is InChI=1S/C6H11ClN2O/c1-8-2-3-9(4-5-10)6(8)7/h2-3,6,10H,4-5H2,1H3. The Morgan fingerprint density at radius 1 is 1.60 bits per heavy atom. The normalized spacial score (nSPS) is 24.5. The van der Waals surface area contributed by atoms with E-state index in [0.717, 1.165) is 0 Å². The maximum atomic E-state index is 8.58. The zero-order chi connectivity index (χ0) is 7.56. The van der Waals surface area contributed by atoms with E-state index >= 15 is 0 Å². The molecular weight excluding hydrogens is 152 g/mol. The van der Waals surface area contributed by atoms with Crippen molar-refractivity contribution in [2.24, 2.45) is 0 Å². The first-order valence-electron chi connectivity index (χ1n) is 3.16. The molecule has 1 rings (SSSR count). The minimum Gasteiger partial charge on any atom is -0.395 e. The van der Waals surface area contributed by atoms with E-state index in [-0.39, 0.29) is 12.2 Å². The SMILES string of the molecule is CN1C=CN(CCO)C1Cl. The molecule has 10 heavy (non-hydrogen) atoms. The molecule has 0 aromatic rings. The topological polar surface area (TPSA) is 26.7 Å². The lowest BCUT2D eigenvalue weighted by Gasteiger charge is -2.23. The molecule has 0 aliphatic carbocycles. The summed E-state index contributed by atoms with van der Waals surface area (Å²) in [6.45, 7) is 0.733. The number of rotatable bonds is 2. The van der Waals surface area contributed by atoms with Gasteiger partial charge in [0.05, 0.1) is 6.61 Å². The Hall–Kier alpha value is -0.410. The summed E-state index contributed by atoms with van der Waals surface area (Å²) in [7, 11) is 1.89. The van der Waals surface area contributed by atoms with Crippen molar-refractivity contribution in [1.82, 2.24) is 9.80 Å². The van der Waals surface area contributed by atoms with Crippen molar-refractivity contribution in [3.63, 3.8) is 0 Å². The predicted octanol–water partition coefficient (Wildman–Crippen LogP) is 0.220. The van der Waals surface area contributed by atoms with E-state index in [1.165, 1.54) is 0 Å². The highest BCUT2D eigenvalue weighted by molar-refractivity contribution is 6.20. The Morgan fingerprint density at radius 2 is 2.30 bits per heavy atom. The third-order valence-electron chi connectivity index (χ3n) is 1.46. The molecule has 1 heterocycles. The van der Waals surface area contributed by atoms with Gasteiger partial charge in [-0.15, -0.1) is 0 Å². The minimum absolute atomic E-state index is 0.132. The predicted molar refractivity (Wildman–Crippen MR) is 40.3 cm³/mol. The molecule has 0 fully saturated rings. The number of nitrogens with zero attached hydrogens (tertiary/aromatic N) is 2. The molecule has 1 N–H and O–H groups in total. The second-order valence-electron chi connectivity index (χ2n) is 2.24. The first-order valence-corrected chi connectivity index (χ1v) is 3.60. The Labute approximate surface area is 65.5 Å². The number of β-amino-alcohol motifs (C(OH)–C–C–N with tert-alkyl or cyclic N) is 1. The third-order valence-corrected chi connectivity index (χ3v) is 2.02. The second-order valence-corrected chi connectivity index (χ2v) is 2.63. The molecule has 0 spiro atoms. The summed E-state index contributed by atoms with van der Waals surface area (Å²) in [6, 6.07) is 0. The fourth-order valence-electron chi connectivity index (χ4n) is 0.863. The zero-order valence-corrected chi connectivity index (χ0v) is 6.62. The van der Waals surface area contributed by atoms with Gasteiger partial charge < -0.3 is 14.9 Å². The molecule has 1 aliphatic heterocycles. The highest BCUT2D eigenvalue weighted by Crippen LogP contribution is 2.15. The quantitative estimate of drug-likeness (QED) is 0.465. The summed E-state index contributed by atoms with van der Waals surface area (Å²) in [5.41, 5.74) is -0.132. The molecule has 0 radical (unpaired) electrons. The van der Waals surface area contributed by atoms with Gasteiger partial charge in [-0.25, -0.2) is 0 Å². The summed E-state index contributed by atoms with van der Waals surface area (Å²) in [4.78, 5) is 3.73. The first kappa shape index (κ1) is 7.69. The van der Waals surface area contributed by atoms with Gasteiger partial charge >= 0.3 is 0 Å². The molecule has 0 bridgehead atoms. The van der Waals surface area contributed by atoms with Gasteiger partial charge in [-0.1, -0.05) is 11.6 Å². The van der Waals surface area contributed by atoms with Crippen molar-refractivity contribution >= 4 is 11.6 Å². The Morgan fingerprint density at radius 3 is 2.70 bits per heavy atom. The molecule has 0 saturated carbocycles. The van der Waals surface area contributed by atoms with Crippen molar-refractivity contribution in [1.29, 1.82) is 0 Å². The third kappa shape index (κ3) is 1.36. The van der Waals surface area contributed by atoms with Gasteiger partial charge in [0, 0.05) is 26.0 Å². The van der Waals surface area contributed by atoms with Crippen LogP contribution in [0, 0.1) is 0 Å². The Kier molecular flexibility index (Phi) is 2.40. The summed E-state index contributed by atoms with van der Waals surface area (Å²) >= 11 is 5.89. The smallest absolute Gasteiger partial charge is 0.179 e. The van der Waals surface area contributed by atoms with Crippen LogP contribution in [0.4, 0.5) is 0 Å². The molecule has 0 amide bonds. The van der Waals surface area contributed by atoms with Crippen LogP contribution < -0.4 is 0 Å². The molecule has 1 atom stereocenters. The van der Waals surface area contributed by atoms with Crippen LogP contribution in [-0.4, -0.2) is 40.7 Å². The van der Waals surface area contributed by atoms with E-state index in [2.05, 4.69) is 0 Å². The van der Waals surface area contributed by atoms with E-state index in [1.807, 2.05) is 29.2 Å². The molecule has 0 saturated heterocycles. The lowest BCUT2D eigenvalue weighted by molar-refractivity contribution is 0.196. The second kappa shape index (κ2) is 3.12. The lowest BCUT2D eigenvalue weighted by Crippen LogP contribution is -2.33. The molecule has 3 nitrogen and oxygen atoms in total. The Balaban J connectivity index is 2.41. The lowest BCUT2D eigenvalue weighted by atomic mass is 10.6. The average molecular weight is 163 g/mol. The number of halogens is 1. The van der Waals surface area contributed by atoms with Crippen LogP contribution in [-0.2, 0) is 0 Å². The molecule has 4 heteroatoms. The molecule has 0 aromatic carbocycles. The van der Waals surface area contributed by atoms with Gasteiger partial charge in [-0.3, -0.25) is 0 Å². The van der Waals surface area contributed by atoms with Crippen LogP contribution in [0.3, 0.4) is 0 Å².